The van der Waals surface area contributed by atoms with Gasteiger partial charge in [0.1, 0.15) is 17.7 Å². The molecule has 6 heteroatoms. The quantitative estimate of drug-likeness (QED) is 0.806. The number of amides is 2. The van der Waals surface area contributed by atoms with Crippen molar-refractivity contribution in [2.45, 2.75) is 18.6 Å². The number of halogens is 1. The minimum Gasteiger partial charge on any atom is -0.493 e. The lowest BCUT2D eigenvalue weighted by molar-refractivity contribution is 0.123. The standard InChI is InChI=1S/C13H17FN2O3/c1-16(2)13(18)15-10-5-6-19-11-4-3-8(14)7-9(11)12(10)17/h3-4,7,10,12,17H,5-6H2,1-2H3,(H,15,18). The Kier molecular flexibility index (Phi) is 3.90. The third kappa shape index (κ3) is 2.96. The molecule has 1 aromatic rings. The highest BCUT2D eigenvalue weighted by atomic mass is 19.1. The second kappa shape index (κ2) is 5.44. The van der Waals surface area contributed by atoms with Gasteiger partial charge in [0, 0.05) is 26.1 Å². The van der Waals surface area contributed by atoms with E-state index in [-0.39, 0.29) is 6.03 Å². The molecular weight excluding hydrogens is 251 g/mol. The van der Waals surface area contributed by atoms with Gasteiger partial charge in [0.15, 0.2) is 0 Å². The molecule has 0 aliphatic carbocycles. The van der Waals surface area contributed by atoms with Crippen molar-refractivity contribution >= 4 is 6.03 Å². The molecule has 2 amide bonds. The smallest absolute Gasteiger partial charge is 0.317 e. The Bertz CT molecular complexity index is 479. The van der Waals surface area contributed by atoms with Gasteiger partial charge in [-0.3, -0.25) is 0 Å². The number of urea groups is 1. The molecule has 0 fully saturated rings. The van der Waals surface area contributed by atoms with Crippen LogP contribution in [0.2, 0.25) is 0 Å². The largest absolute Gasteiger partial charge is 0.493 e. The predicted molar refractivity (Wildman–Crippen MR) is 67.5 cm³/mol. The van der Waals surface area contributed by atoms with Crippen LogP contribution in [0.4, 0.5) is 9.18 Å². The van der Waals surface area contributed by atoms with Gasteiger partial charge in [0.2, 0.25) is 0 Å². The van der Waals surface area contributed by atoms with E-state index < -0.39 is 18.0 Å². The van der Waals surface area contributed by atoms with Crippen molar-refractivity contribution in [3.8, 4) is 5.75 Å². The van der Waals surface area contributed by atoms with E-state index >= 15 is 0 Å². The summed E-state index contributed by atoms with van der Waals surface area (Å²) >= 11 is 0. The molecule has 2 N–H and O–H groups in total. The van der Waals surface area contributed by atoms with Crippen molar-refractivity contribution in [3.05, 3.63) is 29.6 Å². The summed E-state index contributed by atoms with van der Waals surface area (Å²) in [5.41, 5.74) is 0.363. The maximum Gasteiger partial charge on any atom is 0.317 e. The number of rotatable bonds is 1. The third-order valence-electron chi connectivity index (χ3n) is 3.07. The van der Waals surface area contributed by atoms with Crippen LogP contribution in [-0.2, 0) is 0 Å². The first-order chi connectivity index (χ1) is 8.99. The van der Waals surface area contributed by atoms with Gasteiger partial charge < -0.3 is 20.1 Å². The molecule has 1 aliphatic rings. The molecule has 0 saturated heterocycles. The van der Waals surface area contributed by atoms with E-state index in [0.717, 1.165) is 0 Å². The molecule has 0 saturated carbocycles. The van der Waals surface area contributed by atoms with E-state index in [1.54, 1.807) is 14.1 Å². The summed E-state index contributed by atoms with van der Waals surface area (Å²) in [4.78, 5) is 13.0. The zero-order chi connectivity index (χ0) is 14.0. The highest BCUT2D eigenvalue weighted by molar-refractivity contribution is 5.74. The van der Waals surface area contributed by atoms with Crippen molar-refractivity contribution in [3.63, 3.8) is 0 Å². The van der Waals surface area contributed by atoms with E-state index in [0.29, 0.717) is 24.3 Å². The molecule has 5 nitrogen and oxygen atoms in total. The van der Waals surface area contributed by atoms with Crippen LogP contribution in [0, 0.1) is 5.82 Å². The van der Waals surface area contributed by atoms with Crippen molar-refractivity contribution in [2.24, 2.45) is 0 Å². The number of carbonyl (C=O) groups excluding carboxylic acids is 1. The Labute approximate surface area is 111 Å². The first-order valence-corrected chi connectivity index (χ1v) is 6.07. The molecule has 2 unspecified atom stereocenters. The Balaban J connectivity index is 2.22. The maximum absolute atomic E-state index is 13.3. The van der Waals surface area contributed by atoms with Gasteiger partial charge in [0.05, 0.1) is 12.6 Å². The molecule has 2 rings (SSSR count). The number of hydrogen-bond donors (Lipinski definition) is 2. The molecule has 0 aromatic heterocycles. The van der Waals surface area contributed by atoms with Gasteiger partial charge in [-0.25, -0.2) is 9.18 Å². The summed E-state index contributed by atoms with van der Waals surface area (Å²) in [5.74, 6) is 0.0106. The van der Waals surface area contributed by atoms with Gasteiger partial charge in [-0.15, -0.1) is 0 Å². The van der Waals surface area contributed by atoms with Crippen LogP contribution in [0.5, 0.6) is 5.75 Å². The molecule has 1 heterocycles. The highest BCUT2D eigenvalue weighted by Crippen LogP contribution is 2.32. The molecule has 1 aliphatic heterocycles. The van der Waals surface area contributed by atoms with Crippen LogP contribution >= 0.6 is 0 Å². The number of nitrogens with one attached hydrogen (secondary N) is 1. The Morgan fingerprint density at radius 2 is 2.26 bits per heavy atom. The zero-order valence-electron chi connectivity index (χ0n) is 10.9. The number of ether oxygens (including phenoxy) is 1. The summed E-state index contributed by atoms with van der Waals surface area (Å²) in [6, 6.07) is 3.20. The fourth-order valence-electron chi connectivity index (χ4n) is 1.99. The van der Waals surface area contributed by atoms with E-state index in [9.17, 15) is 14.3 Å². The number of aliphatic hydroxyl groups excluding tert-OH is 1. The van der Waals surface area contributed by atoms with E-state index in [2.05, 4.69) is 5.32 Å². The van der Waals surface area contributed by atoms with E-state index in [1.807, 2.05) is 0 Å². The lowest BCUT2D eigenvalue weighted by atomic mass is 10.0. The normalized spacial score (nSPS) is 21.9. The van der Waals surface area contributed by atoms with Crippen molar-refractivity contribution in [1.82, 2.24) is 10.2 Å². The minimum atomic E-state index is -0.989. The number of hydrogen-bond acceptors (Lipinski definition) is 3. The van der Waals surface area contributed by atoms with Crippen LogP contribution in [0.15, 0.2) is 18.2 Å². The van der Waals surface area contributed by atoms with E-state index in [1.165, 1.54) is 23.1 Å². The highest BCUT2D eigenvalue weighted by Gasteiger charge is 2.29. The number of aliphatic hydroxyl groups is 1. The fourth-order valence-corrected chi connectivity index (χ4v) is 1.99. The molecule has 0 spiro atoms. The van der Waals surface area contributed by atoms with Crippen LogP contribution in [0.1, 0.15) is 18.1 Å². The van der Waals surface area contributed by atoms with Gasteiger partial charge >= 0.3 is 6.03 Å². The minimum absolute atomic E-state index is 0.302. The zero-order valence-corrected chi connectivity index (χ0v) is 10.9. The molecule has 104 valence electrons. The van der Waals surface area contributed by atoms with Gasteiger partial charge in [-0.1, -0.05) is 0 Å². The van der Waals surface area contributed by atoms with E-state index in [4.69, 9.17) is 4.74 Å². The fraction of sp³-hybridized carbons (Fsp3) is 0.462. The molecule has 1 aromatic carbocycles. The summed E-state index contributed by atoms with van der Waals surface area (Å²) in [6.45, 7) is 0.355. The van der Waals surface area contributed by atoms with Gasteiger partial charge in [-0.05, 0) is 18.2 Å². The molecule has 0 bridgehead atoms. The first-order valence-electron chi connectivity index (χ1n) is 6.07. The summed E-state index contributed by atoms with van der Waals surface area (Å²) in [5, 5.41) is 13.0. The van der Waals surface area contributed by atoms with Crippen molar-refractivity contribution in [1.29, 1.82) is 0 Å². The van der Waals surface area contributed by atoms with Gasteiger partial charge in [0.25, 0.3) is 0 Å². The SMILES string of the molecule is CN(C)C(=O)NC1CCOc2ccc(F)cc2C1O. The van der Waals surface area contributed by atoms with Crippen LogP contribution in [0.25, 0.3) is 0 Å². The summed E-state index contributed by atoms with van der Waals surface area (Å²) in [7, 11) is 3.23. The molecule has 2 atom stereocenters. The lowest BCUT2D eigenvalue weighted by Gasteiger charge is -2.23. The van der Waals surface area contributed by atoms with Crippen LogP contribution < -0.4 is 10.1 Å². The average Bonchev–Trinajstić information content (AvgIpc) is 2.51. The predicted octanol–water partition coefficient (Wildman–Crippen LogP) is 1.28. The van der Waals surface area contributed by atoms with Gasteiger partial charge in [-0.2, -0.15) is 0 Å². The second-order valence-corrected chi connectivity index (χ2v) is 4.71. The van der Waals surface area contributed by atoms with Crippen molar-refractivity contribution in [2.75, 3.05) is 20.7 Å². The third-order valence-corrected chi connectivity index (χ3v) is 3.07. The lowest BCUT2D eigenvalue weighted by Crippen LogP contribution is -2.44. The first kappa shape index (κ1) is 13.6. The number of benzene rings is 1. The number of fused-ring (bicyclic) bond motifs is 1. The Morgan fingerprint density at radius 3 is 2.95 bits per heavy atom. The monoisotopic (exact) mass is 268 g/mol. The Hall–Kier alpha value is -1.82. The summed E-state index contributed by atoms with van der Waals surface area (Å²) < 4.78 is 18.7. The maximum atomic E-state index is 13.3. The molecule has 0 radical (unpaired) electrons. The molecule has 19 heavy (non-hydrogen) atoms. The van der Waals surface area contributed by atoms with Crippen LogP contribution in [-0.4, -0.2) is 42.8 Å². The Morgan fingerprint density at radius 1 is 1.53 bits per heavy atom. The topological polar surface area (TPSA) is 61.8 Å². The molecular formula is C13H17FN2O3. The average molecular weight is 268 g/mol. The number of nitrogens with zero attached hydrogens (tertiary/aromatic N) is 1. The van der Waals surface area contributed by atoms with Crippen LogP contribution in [0.3, 0.4) is 0 Å². The number of carbonyl (C=O) groups is 1. The second-order valence-electron chi connectivity index (χ2n) is 4.71. The van der Waals surface area contributed by atoms with Crippen molar-refractivity contribution < 1.29 is 19.0 Å². The summed E-state index contributed by atoms with van der Waals surface area (Å²) in [6.07, 6.45) is -0.533.